The van der Waals surface area contributed by atoms with Crippen LogP contribution in [0.2, 0.25) is 0 Å². The number of nitrogens with zero attached hydrogens (tertiary/aromatic N) is 3. The van der Waals surface area contributed by atoms with Crippen molar-refractivity contribution in [1.29, 1.82) is 0 Å². The molecule has 0 aliphatic heterocycles. The van der Waals surface area contributed by atoms with Crippen LogP contribution in [0.25, 0.3) is 26.4 Å². The zero-order chi connectivity index (χ0) is 20.0. The van der Waals surface area contributed by atoms with Crippen LogP contribution in [-0.2, 0) is 0 Å². The number of amides is 1. The van der Waals surface area contributed by atoms with Crippen LogP contribution in [0.3, 0.4) is 0 Å². The van der Waals surface area contributed by atoms with Crippen molar-refractivity contribution in [2.45, 2.75) is 6.92 Å². The van der Waals surface area contributed by atoms with Gasteiger partial charge < -0.3 is 0 Å². The summed E-state index contributed by atoms with van der Waals surface area (Å²) in [4.78, 5) is 35.2. The van der Waals surface area contributed by atoms with Crippen molar-refractivity contribution < 1.29 is 4.79 Å². The summed E-state index contributed by atoms with van der Waals surface area (Å²) in [5, 5.41) is 5.07. The number of rotatable bonds is 3. The lowest BCUT2D eigenvalue weighted by Crippen LogP contribution is -2.26. The van der Waals surface area contributed by atoms with Crippen LogP contribution in [0, 0.1) is 6.92 Å². The van der Waals surface area contributed by atoms with E-state index in [1.54, 1.807) is 0 Å². The average molecular weight is 419 g/mol. The molecule has 142 valence electrons. The third-order valence-electron chi connectivity index (χ3n) is 4.52. The number of anilines is 1. The third kappa shape index (κ3) is 3.12. The lowest BCUT2D eigenvalue weighted by Gasteiger charge is -2.04. The maximum absolute atomic E-state index is 13.1. The minimum absolute atomic E-state index is 0.0199. The van der Waals surface area contributed by atoms with Crippen molar-refractivity contribution >= 4 is 48.9 Å². The second kappa shape index (κ2) is 6.91. The van der Waals surface area contributed by atoms with Gasteiger partial charge in [-0.05, 0) is 30.2 Å². The van der Waals surface area contributed by atoms with Crippen LogP contribution in [-0.4, -0.2) is 20.3 Å². The molecular weight excluding hydrogens is 404 g/mol. The van der Waals surface area contributed by atoms with Crippen molar-refractivity contribution in [3.8, 4) is 11.3 Å². The van der Waals surface area contributed by atoms with Crippen LogP contribution < -0.4 is 10.9 Å². The molecule has 0 saturated carbocycles. The number of fused-ring (bicyclic) bond motifs is 2. The highest BCUT2D eigenvalue weighted by Gasteiger charge is 2.18. The summed E-state index contributed by atoms with van der Waals surface area (Å²) in [5.74, 6) is -0.516. The number of carbonyl (C=O) groups is 1. The molecule has 1 N–H and O–H groups in total. The van der Waals surface area contributed by atoms with Gasteiger partial charge >= 0.3 is 0 Å². The van der Waals surface area contributed by atoms with Crippen LogP contribution in [0.1, 0.15) is 15.9 Å². The summed E-state index contributed by atoms with van der Waals surface area (Å²) >= 11 is 2.74. The summed E-state index contributed by atoms with van der Waals surface area (Å²) < 4.78 is 2.46. The molecule has 0 fully saturated rings. The second-order valence-corrected chi connectivity index (χ2v) is 8.39. The van der Waals surface area contributed by atoms with Crippen LogP contribution >= 0.6 is 22.7 Å². The normalized spacial score (nSPS) is 11.2. The lowest BCUT2D eigenvalue weighted by molar-refractivity contribution is 0.102. The first-order chi connectivity index (χ1) is 14.1. The minimum atomic E-state index is -0.516. The first-order valence-corrected chi connectivity index (χ1v) is 10.5. The molecule has 0 atom stereocenters. The highest BCUT2D eigenvalue weighted by Crippen LogP contribution is 2.27. The van der Waals surface area contributed by atoms with Gasteiger partial charge in [0.15, 0.2) is 10.1 Å². The molecule has 0 radical (unpaired) electrons. The Bertz CT molecular complexity index is 1430. The summed E-state index contributed by atoms with van der Waals surface area (Å²) in [6.07, 6.45) is 1.33. The van der Waals surface area contributed by atoms with Gasteiger partial charge in [0.1, 0.15) is 5.56 Å². The summed E-state index contributed by atoms with van der Waals surface area (Å²) in [5.41, 5.74) is 3.12. The van der Waals surface area contributed by atoms with Gasteiger partial charge in [-0.15, -0.1) is 11.3 Å². The SMILES string of the molecule is Cc1ccc2nc(NC(=O)c3cnc4scc(-c5ccccc5)n4c3=O)sc2c1. The number of benzene rings is 2. The Kier molecular flexibility index (Phi) is 4.22. The van der Waals surface area contributed by atoms with Crippen molar-refractivity contribution in [2.24, 2.45) is 0 Å². The Balaban J connectivity index is 1.54. The molecular formula is C21H14N4O2S2. The maximum Gasteiger partial charge on any atom is 0.271 e. The molecule has 0 aliphatic rings. The average Bonchev–Trinajstić information content (AvgIpc) is 3.32. The van der Waals surface area contributed by atoms with E-state index < -0.39 is 11.5 Å². The van der Waals surface area contributed by atoms with E-state index in [9.17, 15) is 9.59 Å². The molecule has 0 bridgehead atoms. The Morgan fingerprint density at radius 2 is 1.97 bits per heavy atom. The summed E-state index contributed by atoms with van der Waals surface area (Å²) in [6, 6.07) is 15.5. The van der Waals surface area contributed by atoms with Crippen molar-refractivity contribution in [2.75, 3.05) is 5.32 Å². The number of hydrogen-bond acceptors (Lipinski definition) is 6. The van der Waals surface area contributed by atoms with Crippen molar-refractivity contribution in [1.82, 2.24) is 14.4 Å². The van der Waals surface area contributed by atoms with E-state index in [0.717, 1.165) is 21.3 Å². The molecule has 0 spiro atoms. The number of carbonyl (C=O) groups excluding carboxylic acids is 1. The Hall–Kier alpha value is -3.36. The van der Waals surface area contributed by atoms with Gasteiger partial charge in [0, 0.05) is 11.6 Å². The predicted octanol–water partition coefficient (Wildman–Crippen LogP) is 4.59. The lowest BCUT2D eigenvalue weighted by atomic mass is 10.2. The topological polar surface area (TPSA) is 76.4 Å². The Morgan fingerprint density at radius 3 is 2.79 bits per heavy atom. The van der Waals surface area contributed by atoms with Gasteiger partial charge in [0.2, 0.25) is 0 Å². The van der Waals surface area contributed by atoms with Crippen molar-refractivity contribution in [3.63, 3.8) is 0 Å². The largest absolute Gasteiger partial charge is 0.298 e. The number of aromatic nitrogens is 3. The Morgan fingerprint density at radius 1 is 1.14 bits per heavy atom. The molecule has 0 unspecified atom stereocenters. The van der Waals surface area contributed by atoms with Gasteiger partial charge in [-0.1, -0.05) is 47.7 Å². The monoisotopic (exact) mass is 418 g/mol. The van der Waals surface area contributed by atoms with E-state index in [-0.39, 0.29) is 5.56 Å². The quantitative estimate of drug-likeness (QED) is 0.465. The third-order valence-corrected chi connectivity index (χ3v) is 6.30. The number of nitrogens with one attached hydrogen (secondary N) is 1. The number of aryl methyl sites for hydroxylation is 1. The van der Waals surface area contributed by atoms with E-state index in [2.05, 4.69) is 15.3 Å². The predicted molar refractivity (Wildman–Crippen MR) is 117 cm³/mol. The van der Waals surface area contributed by atoms with E-state index in [1.807, 2.05) is 60.8 Å². The van der Waals surface area contributed by atoms with Crippen LogP contribution in [0.5, 0.6) is 0 Å². The first-order valence-electron chi connectivity index (χ1n) is 8.83. The fraction of sp³-hybridized carbons (Fsp3) is 0.0476. The molecule has 3 heterocycles. The standard InChI is InChI=1S/C21H14N4O2S2/c1-12-7-8-15-17(9-12)29-20(23-15)24-18(26)14-10-22-21-25(19(14)27)16(11-28-21)13-5-3-2-4-6-13/h2-11H,1H3,(H,23,24,26). The molecule has 2 aromatic carbocycles. The fourth-order valence-electron chi connectivity index (χ4n) is 3.11. The van der Waals surface area contributed by atoms with Gasteiger partial charge in [-0.3, -0.25) is 19.3 Å². The fourth-order valence-corrected chi connectivity index (χ4v) is 4.93. The van der Waals surface area contributed by atoms with Gasteiger partial charge in [-0.25, -0.2) is 9.97 Å². The molecule has 5 aromatic rings. The zero-order valence-electron chi connectivity index (χ0n) is 15.2. The molecule has 29 heavy (non-hydrogen) atoms. The first kappa shape index (κ1) is 17.7. The van der Waals surface area contributed by atoms with Crippen LogP contribution in [0.4, 0.5) is 5.13 Å². The maximum atomic E-state index is 13.1. The highest BCUT2D eigenvalue weighted by molar-refractivity contribution is 7.22. The zero-order valence-corrected chi connectivity index (χ0v) is 16.9. The summed E-state index contributed by atoms with van der Waals surface area (Å²) in [6.45, 7) is 2.00. The smallest absolute Gasteiger partial charge is 0.271 e. The number of thiazole rings is 2. The summed E-state index contributed by atoms with van der Waals surface area (Å²) in [7, 11) is 0. The molecule has 0 aliphatic carbocycles. The van der Waals surface area contributed by atoms with Gasteiger partial charge in [-0.2, -0.15) is 0 Å². The van der Waals surface area contributed by atoms with Gasteiger partial charge in [0.25, 0.3) is 11.5 Å². The molecule has 8 heteroatoms. The second-order valence-electron chi connectivity index (χ2n) is 6.53. The van der Waals surface area contributed by atoms with E-state index >= 15 is 0 Å². The van der Waals surface area contributed by atoms with Crippen LogP contribution in [0.15, 0.2) is 64.9 Å². The van der Waals surface area contributed by atoms with Crippen molar-refractivity contribution in [3.05, 3.63) is 81.6 Å². The Labute approximate surface area is 173 Å². The van der Waals surface area contributed by atoms with E-state index in [1.165, 1.54) is 33.3 Å². The minimum Gasteiger partial charge on any atom is -0.298 e. The molecule has 3 aromatic heterocycles. The molecule has 6 nitrogen and oxygen atoms in total. The molecule has 1 amide bonds. The molecule has 0 saturated heterocycles. The molecule has 5 rings (SSSR count). The van der Waals surface area contributed by atoms with Gasteiger partial charge in [0.05, 0.1) is 15.9 Å². The number of hydrogen-bond donors (Lipinski definition) is 1. The highest BCUT2D eigenvalue weighted by atomic mass is 32.1. The van der Waals surface area contributed by atoms with E-state index in [0.29, 0.717) is 15.8 Å². The van der Waals surface area contributed by atoms with E-state index in [4.69, 9.17) is 0 Å².